The summed E-state index contributed by atoms with van der Waals surface area (Å²) in [5.41, 5.74) is 1.09. The van der Waals surface area contributed by atoms with Gasteiger partial charge in [-0.05, 0) is 19.1 Å². The van der Waals surface area contributed by atoms with Crippen LogP contribution in [0.1, 0.15) is 22.1 Å². The van der Waals surface area contributed by atoms with Crippen LogP contribution in [0.4, 0.5) is 0 Å². The van der Waals surface area contributed by atoms with E-state index < -0.39 is 5.97 Å². The fourth-order valence-corrected chi connectivity index (χ4v) is 1.14. The third-order valence-corrected chi connectivity index (χ3v) is 1.93. The lowest BCUT2D eigenvalue weighted by Crippen LogP contribution is -2.08. The van der Waals surface area contributed by atoms with Crippen LogP contribution in [0.2, 0.25) is 0 Å². The maximum absolute atomic E-state index is 11.5. The number of nitrogens with zero attached hydrogens (tertiary/aromatic N) is 2. The van der Waals surface area contributed by atoms with Crippen molar-refractivity contribution < 1.29 is 13.9 Å². The molecule has 0 aliphatic heterocycles. The third kappa shape index (κ3) is 2.25. The molecule has 16 heavy (non-hydrogen) atoms. The zero-order chi connectivity index (χ0) is 11.5. The second kappa shape index (κ2) is 4.14. The van der Waals surface area contributed by atoms with E-state index in [1.165, 1.54) is 0 Å². The normalized spacial score (nSPS) is 10.1. The Balaban J connectivity index is 2.10. The number of aromatic nitrogens is 2. The van der Waals surface area contributed by atoms with Gasteiger partial charge in [0.1, 0.15) is 5.75 Å². The molecule has 1 heterocycles. The molecule has 0 radical (unpaired) electrons. The number of esters is 1. The van der Waals surface area contributed by atoms with E-state index in [2.05, 4.69) is 10.2 Å². The highest BCUT2D eigenvalue weighted by Gasteiger charge is 2.15. The zero-order valence-corrected chi connectivity index (χ0v) is 8.93. The van der Waals surface area contributed by atoms with Gasteiger partial charge in [0.2, 0.25) is 5.89 Å². The van der Waals surface area contributed by atoms with Crippen molar-refractivity contribution >= 4 is 5.97 Å². The highest BCUT2D eigenvalue weighted by Crippen LogP contribution is 2.13. The molecule has 0 N–H and O–H groups in total. The van der Waals surface area contributed by atoms with Gasteiger partial charge in [-0.15, -0.1) is 10.2 Å². The first kappa shape index (κ1) is 10.4. The number of carbonyl (C=O) groups is 1. The average Bonchev–Trinajstić information content (AvgIpc) is 2.68. The fourth-order valence-electron chi connectivity index (χ4n) is 1.14. The van der Waals surface area contributed by atoms with E-state index in [1.807, 2.05) is 19.1 Å². The van der Waals surface area contributed by atoms with Crippen LogP contribution in [0.15, 0.2) is 28.7 Å². The van der Waals surface area contributed by atoms with E-state index in [9.17, 15) is 4.79 Å². The van der Waals surface area contributed by atoms with Crippen molar-refractivity contribution in [3.05, 3.63) is 41.6 Å². The van der Waals surface area contributed by atoms with Gasteiger partial charge in [-0.2, -0.15) is 0 Å². The summed E-state index contributed by atoms with van der Waals surface area (Å²) in [6.07, 6.45) is 0. The Labute approximate surface area is 92.1 Å². The fraction of sp³-hybridized carbons (Fsp3) is 0.182. The van der Waals surface area contributed by atoms with E-state index in [0.717, 1.165) is 5.56 Å². The maximum Gasteiger partial charge on any atom is 0.401 e. The molecule has 2 aromatic rings. The summed E-state index contributed by atoms with van der Waals surface area (Å²) in [4.78, 5) is 11.5. The van der Waals surface area contributed by atoms with E-state index in [0.29, 0.717) is 11.6 Å². The predicted octanol–water partition coefficient (Wildman–Crippen LogP) is 1.91. The van der Waals surface area contributed by atoms with Crippen LogP contribution in [-0.2, 0) is 0 Å². The summed E-state index contributed by atoms with van der Waals surface area (Å²) in [7, 11) is 0. The van der Waals surface area contributed by atoms with Gasteiger partial charge in [0.25, 0.3) is 0 Å². The van der Waals surface area contributed by atoms with E-state index in [1.54, 1.807) is 19.1 Å². The molecule has 0 saturated heterocycles. The molecular formula is C11H10N2O3. The average molecular weight is 218 g/mol. The molecule has 5 nitrogen and oxygen atoms in total. The minimum Gasteiger partial charge on any atom is -0.419 e. The van der Waals surface area contributed by atoms with E-state index in [-0.39, 0.29) is 5.89 Å². The zero-order valence-electron chi connectivity index (χ0n) is 8.93. The topological polar surface area (TPSA) is 65.2 Å². The molecule has 0 atom stereocenters. The van der Waals surface area contributed by atoms with Crippen molar-refractivity contribution in [3.63, 3.8) is 0 Å². The molecular weight excluding hydrogens is 208 g/mol. The Morgan fingerprint density at radius 2 is 1.88 bits per heavy atom. The summed E-state index contributed by atoms with van der Waals surface area (Å²) >= 11 is 0. The number of rotatable bonds is 2. The van der Waals surface area contributed by atoms with Gasteiger partial charge in [-0.3, -0.25) is 0 Å². The van der Waals surface area contributed by atoms with Crippen LogP contribution in [0.5, 0.6) is 5.75 Å². The van der Waals surface area contributed by atoms with E-state index >= 15 is 0 Å². The largest absolute Gasteiger partial charge is 0.419 e. The minimum atomic E-state index is -0.649. The lowest BCUT2D eigenvalue weighted by atomic mass is 10.2. The number of hydrogen-bond donors (Lipinski definition) is 0. The molecule has 0 fully saturated rings. The van der Waals surface area contributed by atoms with Crippen molar-refractivity contribution in [1.82, 2.24) is 10.2 Å². The minimum absolute atomic E-state index is 0.141. The van der Waals surface area contributed by atoms with Crippen molar-refractivity contribution in [2.45, 2.75) is 13.8 Å². The third-order valence-electron chi connectivity index (χ3n) is 1.93. The molecule has 2 rings (SSSR count). The van der Waals surface area contributed by atoms with Gasteiger partial charge >= 0.3 is 11.9 Å². The predicted molar refractivity (Wildman–Crippen MR) is 55.2 cm³/mol. The Morgan fingerprint density at radius 1 is 1.19 bits per heavy atom. The highest BCUT2D eigenvalue weighted by molar-refractivity contribution is 5.85. The van der Waals surface area contributed by atoms with Crippen LogP contribution in [-0.4, -0.2) is 16.2 Å². The standard InChI is InChI=1S/C11H10N2O3/c1-7-3-5-9(6-4-7)16-11(14)10-13-12-8(2)15-10/h3-6H,1-2H3. The number of benzene rings is 1. The smallest absolute Gasteiger partial charge is 0.401 e. The van der Waals surface area contributed by atoms with Gasteiger partial charge in [0.15, 0.2) is 0 Å². The maximum atomic E-state index is 11.5. The lowest BCUT2D eigenvalue weighted by Gasteiger charge is -2.00. The monoisotopic (exact) mass is 218 g/mol. The van der Waals surface area contributed by atoms with Gasteiger partial charge in [-0.1, -0.05) is 17.7 Å². The Bertz CT molecular complexity index is 502. The summed E-state index contributed by atoms with van der Waals surface area (Å²) < 4.78 is 9.98. The highest BCUT2D eigenvalue weighted by atomic mass is 16.5. The van der Waals surface area contributed by atoms with Crippen molar-refractivity contribution in [2.75, 3.05) is 0 Å². The summed E-state index contributed by atoms with van der Waals surface area (Å²) in [6, 6.07) is 7.11. The van der Waals surface area contributed by atoms with Crippen molar-refractivity contribution in [2.24, 2.45) is 0 Å². The van der Waals surface area contributed by atoms with Crippen molar-refractivity contribution in [3.8, 4) is 5.75 Å². The molecule has 0 amide bonds. The van der Waals surface area contributed by atoms with E-state index in [4.69, 9.17) is 9.15 Å². The number of aryl methyl sites for hydroxylation is 2. The molecule has 0 bridgehead atoms. The Kier molecular flexibility index (Phi) is 2.68. The van der Waals surface area contributed by atoms with Crippen LogP contribution >= 0.6 is 0 Å². The van der Waals surface area contributed by atoms with Crippen LogP contribution < -0.4 is 4.74 Å². The molecule has 0 aliphatic rings. The lowest BCUT2D eigenvalue weighted by molar-refractivity contribution is 0.0691. The molecule has 0 spiro atoms. The van der Waals surface area contributed by atoms with Gasteiger partial charge in [0, 0.05) is 6.92 Å². The molecule has 0 aliphatic carbocycles. The molecule has 0 unspecified atom stereocenters. The molecule has 0 saturated carbocycles. The molecule has 82 valence electrons. The molecule has 1 aromatic carbocycles. The number of ether oxygens (including phenoxy) is 1. The first-order valence-electron chi connectivity index (χ1n) is 4.74. The van der Waals surface area contributed by atoms with Gasteiger partial charge in [-0.25, -0.2) is 4.79 Å². The summed E-state index contributed by atoms with van der Waals surface area (Å²) in [5.74, 6) is -0.00941. The second-order valence-corrected chi connectivity index (χ2v) is 3.33. The number of hydrogen-bond acceptors (Lipinski definition) is 5. The Morgan fingerprint density at radius 3 is 2.44 bits per heavy atom. The summed E-state index contributed by atoms with van der Waals surface area (Å²) in [6.45, 7) is 3.56. The second-order valence-electron chi connectivity index (χ2n) is 3.33. The SMILES string of the molecule is Cc1ccc(OC(=O)c2nnc(C)o2)cc1. The van der Waals surface area contributed by atoms with Crippen LogP contribution in [0.3, 0.4) is 0 Å². The molecule has 5 heteroatoms. The first-order valence-corrected chi connectivity index (χ1v) is 4.74. The van der Waals surface area contributed by atoms with Crippen LogP contribution in [0.25, 0.3) is 0 Å². The Hall–Kier alpha value is -2.17. The quantitative estimate of drug-likeness (QED) is 0.569. The first-order chi connectivity index (χ1) is 7.65. The number of carbonyl (C=O) groups excluding carboxylic acids is 1. The van der Waals surface area contributed by atoms with Crippen LogP contribution in [0, 0.1) is 13.8 Å². The summed E-state index contributed by atoms with van der Waals surface area (Å²) in [5, 5.41) is 7.11. The van der Waals surface area contributed by atoms with Gasteiger partial charge in [0.05, 0.1) is 0 Å². The van der Waals surface area contributed by atoms with Gasteiger partial charge < -0.3 is 9.15 Å². The molecule has 1 aromatic heterocycles. The van der Waals surface area contributed by atoms with Crippen molar-refractivity contribution in [1.29, 1.82) is 0 Å².